The molecule has 0 fully saturated rings. The molecule has 20 heavy (non-hydrogen) atoms. The Balaban J connectivity index is 1.65. The SMILES string of the molecule is O=C1c2ccccc2C(=O)N1CCCc1ccc(Cl)[nH]1. The van der Waals surface area contributed by atoms with Gasteiger partial charge < -0.3 is 4.98 Å². The van der Waals surface area contributed by atoms with Crippen molar-refractivity contribution in [1.82, 2.24) is 9.88 Å². The van der Waals surface area contributed by atoms with Crippen LogP contribution in [0.4, 0.5) is 0 Å². The van der Waals surface area contributed by atoms with Crippen LogP contribution in [-0.2, 0) is 6.42 Å². The van der Waals surface area contributed by atoms with E-state index in [4.69, 9.17) is 11.6 Å². The number of rotatable bonds is 4. The van der Waals surface area contributed by atoms with E-state index in [-0.39, 0.29) is 11.8 Å². The number of nitrogens with one attached hydrogen (secondary N) is 1. The number of hydrogen-bond acceptors (Lipinski definition) is 2. The molecule has 0 aliphatic carbocycles. The van der Waals surface area contributed by atoms with Gasteiger partial charge in [0.15, 0.2) is 0 Å². The van der Waals surface area contributed by atoms with Crippen molar-refractivity contribution in [3.05, 3.63) is 58.4 Å². The molecular formula is C15H13ClN2O2. The maximum absolute atomic E-state index is 12.1. The second-order valence-corrected chi connectivity index (χ2v) is 5.15. The zero-order valence-corrected chi connectivity index (χ0v) is 11.5. The Kier molecular flexibility index (Phi) is 3.32. The van der Waals surface area contributed by atoms with Gasteiger partial charge in [-0.25, -0.2) is 0 Å². The van der Waals surface area contributed by atoms with Crippen molar-refractivity contribution in [2.45, 2.75) is 12.8 Å². The highest BCUT2D eigenvalue weighted by Crippen LogP contribution is 2.22. The molecule has 2 heterocycles. The van der Waals surface area contributed by atoms with Crippen molar-refractivity contribution in [1.29, 1.82) is 0 Å². The summed E-state index contributed by atoms with van der Waals surface area (Å²) in [5, 5.41) is 0.598. The summed E-state index contributed by atoms with van der Waals surface area (Å²) in [5.41, 5.74) is 2.01. The highest BCUT2D eigenvalue weighted by atomic mass is 35.5. The van der Waals surface area contributed by atoms with Crippen LogP contribution in [0.2, 0.25) is 5.15 Å². The van der Waals surface area contributed by atoms with Crippen molar-refractivity contribution in [3.63, 3.8) is 0 Å². The standard InChI is InChI=1S/C15H13ClN2O2/c16-13-8-7-10(17-13)4-3-9-18-14(19)11-5-1-2-6-12(11)15(18)20/h1-2,5-8,17H,3-4,9H2. The number of H-pyrrole nitrogens is 1. The molecule has 0 spiro atoms. The zero-order valence-electron chi connectivity index (χ0n) is 10.7. The van der Waals surface area contributed by atoms with Gasteiger partial charge in [0.2, 0.25) is 0 Å². The van der Waals surface area contributed by atoms with Crippen molar-refractivity contribution in [3.8, 4) is 0 Å². The van der Waals surface area contributed by atoms with Gasteiger partial charge >= 0.3 is 0 Å². The van der Waals surface area contributed by atoms with Crippen LogP contribution >= 0.6 is 11.6 Å². The Labute approximate surface area is 121 Å². The number of carbonyl (C=O) groups is 2. The lowest BCUT2D eigenvalue weighted by Crippen LogP contribution is -2.30. The molecule has 0 saturated carbocycles. The monoisotopic (exact) mass is 288 g/mol. The highest BCUT2D eigenvalue weighted by molar-refractivity contribution is 6.29. The van der Waals surface area contributed by atoms with Crippen molar-refractivity contribution < 1.29 is 9.59 Å². The predicted molar refractivity (Wildman–Crippen MR) is 75.9 cm³/mol. The summed E-state index contributed by atoms with van der Waals surface area (Å²) in [5.74, 6) is -0.398. The van der Waals surface area contributed by atoms with E-state index >= 15 is 0 Å². The third-order valence-electron chi connectivity index (χ3n) is 3.42. The summed E-state index contributed by atoms with van der Waals surface area (Å²) in [6.45, 7) is 0.420. The number of nitrogens with zero attached hydrogens (tertiary/aromatic N) is 1. The molecule has 0 saturated heterocycles. The summed E-state index contributed by atoms with van der Waals surface area (Å²) in [7, 11) is 0. The third kappa shape index (κ3) is 2.23. The summed E-state index contributed by atoms with van der Waals surface area (Å²) >= 11 is 5.80. The number of aromatic nitrogens is 1. The maximum Gasteiger partial charge on any atom is 0.261 e. The number of hydrogen-bond donors (Lipinski definition) is 1. The normalized spacial score (nSPS) is 13.9. The molecule has 2 amide bonds. The van der Waals surface area contributed by atoms with E-state index in [0.29, 0.717) is 29.2 Å². The number of imide groups is 1. The molecule has 0 atom stereocenters. The van der Waals surface area contributed by atoms with Crippen LogP contribution in [0, 0.1) is 0 Å². The molecular weight excluding hydrogens is 276 g/mol. The lowest BCUT2D eigenvalue weighted by atomic mass is 10.1. The molecule has 0 radical (unpaired) electrons. The van der Waals surface area contributed by atoms with Gasteiger partial charge in [-0.1, -0.05) is 23.7 Å². The van der Waals surface area contributed by atoms with E-state index in [1.807, 2.05) is 6.07 Å². The fraction of sp³-hybridized carbons (Fsp3) is 0.200. The zero-order chi connectivity index (χ0) is 14.1. The number of aryl methyl sites for hydroxylation is 1. The number of halogens is 1. The topological polar surface area (TPSA) is 53.2 Å². The minimum absolute atomic E-state index is 0.199. The molecule has 1 aliphatic heterocycles. The third-order valence-corrected chi connectivity index (χ3v) is 3.64. The highest BCUT2D eigenvalue weighted by Gasteiger charge is 2.34. The summed E-state index contributed by atoms with van der Waals surface area (Å²) in [6.07, 6.45) is 1.46. The van der Waals surface area contributed by atoms with Crippen LogP contribution < -0.4 is 0 Å². The van der Waals surface area contributed by atoms with Crippen LogP contribution in [0.25, 0.3) is 0 Å². The minimum atomic E-state index is -0.199. The maximum atomic E-state index is 12.1. The van der Waals surface area contributed by atoms with E-state index in [2.05, 4.69) is 4.98 Å². The molecule has 1 aromatic carbocycles. The average Bonchev–Trinajstić information content (AvgIpc) is 2.97. The predicted octanol–water partition coefficient (Wildman–Crippen LogP) is 2.90. The van der Waals surface area contributed by atoms with Gasteiger partial charge in [-0.2, -0.15) is 0 Å². The van der Waals surface area contributed by atoms with E-state index < -0.39 is 0 Å². The first-order chi connectivity index (χ1) is 9.66. The Morgan fingerprint density at radius 3 is 2.20 bits per heavy atom. The van der Waals surface area contributed by atoms with Gasteiger partial charge in [0.25, 0.3) is 11.8 Å². The summed E-state index contributed by atoms with van der Waals surface area (Å²) < 4.78 is 0. The van der Waals surface area contributed by atoms with Crippen LogP contribution in [0.1, 0.15) is 32.8 Å². The van der Waals surface area contributed by atoms with Crippen molar-refractivity contribution >= 4 is 23.4 Å². The molecule has 0 bridgehead atoms. The summed E-state index contributed by atoms with van der Waals surface area (Å²) in [4.78, 5) is 28.6. The number of amides is 2. The lowest BCUT2D eigenvalue weighted by Gasteiger charge is -2.13. The number of carbonyl (C=O) groups excluding carboxylic acids is 2. The Morgan fingerprint density at radius 2 is 1.65 bits per heavy atom. The van der Waals surface area contributed by atoms with Crippen LogP contribution in [0.5, 0.6) is 0 Å². The first kappa shape index (κ1) is 12.9. The van der Waals surface area contributed by atoms with Crippen molar-refractivity contribution in [2.75, 3.05) is 6.54 Å². The van der Waals surface area contributed by atoms with E-state index in [1.54, 1.807) is 30.3 Å². The largest absolute Gasteiger partial charge is 0.350 e. The Hall–Kier alpha value is -2.07. The quantitative estimate of drug-likeness (QED) is 0.880. The first-order valence-electron chi connectivity index (χ1n) is 6.45. The minimum Gasteiger partial charge on any atom is -0.350 e. The van der Waals surface area contributed by atoms with Crippen LogP contribution in [0.15, 0.2) is 36.4 Å². The molecule has 4 nitrogen and oxygen atoms in total. The van der Waals surface area contributed by atoms with Gasteiger partial charge in [0, 0.05) is 12.2 Å². The second-order valence-electron chi connectivity index (χ2n) is 4.74. The average molecular weight is 289 g/mol. The smallest absolute Gasteiger partial charge is 0.261 e. The molecule has 1 N–H and O–H groups in total. The van der Waals surface area contributed by atoms with Gasteiger partial charge in [-0.05, 0) is 37.1 Å². The van der Waals surface area contributed by atoms with E-state index in [9.17, 15) is 9.59 Å². The number of aromatic amines is 1. The van der Waals surface area contributed by atoms with E-state index in [1.165, 1.54) is 4.90 Å². The molecule has 1 aliphatic rings. The number of fused-ring (bicyclic) bond motifs is 1. The second kappa shape index (κ2) is 5.13. The summed E-state index contributed by atoms with van der Waals surface area (Å²) in [6, 6.07) is 10.6. The van der Waals surface area contributed by atoms with Crippen LogP contribution in [0.3, 0.4) is 0 Å². The van der Waals surface area contributed by atoms with Gasteiger partial charge in [0.05, 0.1) is 11.1 Å². The fourth-order valence-electron chi connectivity index (χ4n) is 2.43. The lowest BCUT2D eigenvalue weighted by molar-refractivity contribution is 0.0652. The van der Waals surface area contributed by atoms with Crippen molar-refractivity contribution in [2.24, 2.45) is 0 Å². The molecule has 1 aromatic heterocycles. The Morgan fingerprint density at radius 1 is 1.00 bits per heavy atom. The van der Waals surface area contributed by atoms with Gasteiger partial charge in [-0.3, -0.25) is 14.5 Å². The Bertz CT molecular complexity index is 643. The number of benzene rings is 1. The molecule has 102 valence electrons. The molecule has 3 rings (SSSR count). The van der Waals surface area contributed by atoms with Gasteiger partial charge in [-0.15, -0.1) is 0 Å². The van der Waals surface area contributed by atoms with E-state index in [0.717, 1.165) is 12.1 Å². The molecule has 2 aromatic rings. The van der Waals surface area contributed by atoms with Crippen LogP contribution in [-0.4, -0.2) is 28.2 Å². The van der Waals surface area contributed by atoms with Gasteiger partial charge in [0.1, 0.15) is 5.15 Å². The molecule has 0 unspecified atom stereocenters. The fourth-order valence-corrected chi connectivity index (χ4v) is 2.61. The molecule has 5 heteroatoms. The first-order valence-corrected chi connectivity index (χ1v) is 6.83.